The van der Waals surface area contributed by atoms with E-state index in [0.717, 1.165) is 5.56 Å². The van der Waals surface area contributed by atoms with Gasteiger partial charge in [-0.2, -0.15) is 0 Å². The first-order valence-corrected chi connectivity index (χ1v) is 6.80. The summed E-state index contributed by atoms with van der Waals surface area (Å²) in [5.41, 5.74) is 1.40. The molecule has 0 N–H and O–H groups in total. The van der Waals surface area contributed by atoms with Crippen molar-refractivity contribution in [2.45, 2.75) is 6.04 Å². The Morgan fingerprint density at radius 2 is 1.86 bits per heavy atom. The van der Waals surface area contributed by atoms with E-state index in [4.69, 9.17) is 0 Å². The lowest BCUT2D eigenvalue weighted by Crippen LogP contribution is -2.30. The van der Waals surface area contributed by atoms with Gasteiger partial charge in [0, 0.05) is 18.5 Å². The van der Waals surface area contributed by atoms with Crippen molar-refractivity contribution < 1.29 is 9.59 Å². The van der Waals surface area contributed by atoms with Gasteiger partial charge in [-0.15, -0.1) is 0 Å². The second-order valence-electron chi connectivity index (χ2n) is 4.51. The molecule has 0 spiro atoms. The summed E-state index contributed by atoms with van der Waals surface area (Å²) < 4.78 is 0. The summed E-state index contributed by atoms with van der Waals surface area (Å²) in [5, 5.41) is 0. The van der Waals surface area contributed by atoms with Gasteiger partial charge in [0.2, 0.25) is 0 Å². The van der Waals surface area contributed by atoms with E-state index < -0.39 is 6.04 Å². The molecule has 0 aliphatic rings. The van der Waals surface area contributed by atoms with E-state index in [-0.39, 0.29) is 5.91 Å². The van der Waals surface area contributed by atoms with Gasteiger partial charge >= 0.3 is 0 Å². The summed E-state index contributed by atoms with van der Waals surface area (Å²) in [7, 11) is 0. The van der Waals surface area contributed by atoms with Gasteiger partial charge in [0.1, 0.15) is 12.3 Å². The van der Waals surface area contributed by atoms with E-state index in [1.807, 2.05) is 30.3 Å². The second-order valence-corrected chi connectivity index (χ2v) is 4.51. The Morgan fingerprint density at radius 3 is 2.45 bits per heavy atom. The Bertz CT molecular complexity index is 666. The average molecular weight is 292 g/mol. The second kappa shape index (κ2) is 7.69. The maximum atomic E-state index is 12.3. The molecule has 0 aliphatic carbocycles. The monoisotopic (exact) mass is 292 g/mol. The molecule has 1 unspecified atom stereocenters. The summed E-state index contributed by atoms with van der Waals surface area (Å²) in [6.07, 6.45) is 6.71. The Hall–Kier alpha value is -3.01. The fourth-order valence-electron chi connectivity index (χ4n) is 1.99. The smallest absolute Gasteiger partial charge is 0.251 e. The standard InChI is InChI=1S/C18H16N2O2/c1-2-20(17(14-21)16-10-6-7-13-19-16)18(22)12-11-15-8-4-3-5-9-15/h2-14,17H,1H2. The molecule has 1 aromatic heterocycles. The van der Waals surface area contributed by atoms with Gasteiger partial charge in [-0.25, -0.2) is 0 Å². The van der Waals surface area contributed by atoms with Crippen LogP contribution in [0.5, 0.6) is 0 Å². The predicted octanol–water partition coefficient (Wildman–Crippen LogP) is 3.01. The van der Waals surface area contributed by atoms with Crippen LogP contribution in [0.4, 0.5) is 0 Å². The first-order chi connectivity index (χ1) is 10.8. The van der Waals surface area contributed by atoms with Gasteiger partial charge in [-0.3, -0.25) is 9.78 Å². The van der Waals surface area contributed by atoms with Crippen LogP contribution >= 0.6 is 0 Å². The van der Waals surface area contributed by atoms with Crippen LogP contribution in [0.2, 0.25) is 0 Å². The molecule has 1 heterocycles. The molecule has 0 fully saturated rings. The van der Waals surface area contributed by atoms with Crippen molar-refractivity contribution in [1.82, 2.24) is 9.88 Å². The number of pyridine rings is 1. The zero-order valence-corrected chi connectivity index (χ0v) is 12.0. The summed E-state index contributed by atoms with van der Waals surface area (Å²) in [6, 6.07) is 13.9. The summed E-state index contributed by atoms with van der Waals surface area (Å²) in [4.78, 5) is 29.1. The minimum Gasteiger partial charge on any atom is -0.301 e. The zero-order chi connectivity index (χ0) is 15.8. The third-order valence-corrected chi connectivity index (χ3v) is 3.09. The Kier molecular flexibility index (Phi) is 5.37. The minimum atomic E-state index is -0.786. The lowest BCUT2D eigenvalue weighted by atomic mass is 10.1. The van der Waals surface area contributed by atoms with E-state index >= 15 is 0 Å². The zero-order valence-electron chi connectivity index (χ0n) is 12.0. The molecule has 110 valence electrons. The van der Waals surface area contributed by atoms with Crippen LogP contribution in [0.3, 0.4) is 0 Å². The van der Waals surface area contributed by atoms with Gasteiger partial charge < -0.3 is 9.69 Å². The van der Waals surface area contributed by atoms with E-state index in [0.29, 0.717) is 12.0 Å². The summed E-state index contributed by atoms with van der Waals surface area (Å²) in [5.74, 6) is -0.332. The molecule has 1 amide bonds. The van der Waals surface area contributed by atoms with Crippen molar-refractivity contribution in [3.8, 4) is 0 Å². The van der Waals surface area contributed by atoms with Crippen molar-refractivity contribution in [2.24, 2.45) is 0 Å². The van der Waals surface area contributed by atoms with E-state index in [1.165, 1.54) is 17.2 Å². The third-order valence-electron chi connectivity index (χ3n) is 3.09. The highest BCUT2D eigenvalue weighted by Gasteiger charge is 2.21. The Labute approximate surface area is 129 Å². The molecule has 0 saturated carbocycles. The van der Waals surface area contributed by atoms with Crippen LogP contribution in [0.1, 0.15) is 17.3 Å². The van der Waals surface area contributed by atoms with Crippen LogP contribution < -0.4 is 0 Å². The predicted molar refractivity (Wildman–Crippen MR) is 85.6 cm³/mol. The lowest BCUT2D eigenvalue weighted by molar-refractivity contribution is -0.129. The van der Waals surface area contributed by atoms with E-state index in [9.17, 15) is 9.59 Å². The number of aldehydes is 1. The van der Waals surface area contributed by atoms with Crippen molar-refractivity contribution >= 4 is 18.3 Å². The fourth-order valence-corrected chi connectivity index (χ4v) is 1.99. The molecular formula is C18H16N2O2. The quantitative estimate of drug-likeness (QED) is 0.607. The molecule has 1 atom stereocenters. The van der Waals surface area contributed by atoms with Crippen LogP contribution in [0.15, 0.2) is 73.6 Å². The molecular weight excluding hydrogens is 276 g/mol. The van der Waals surface area contributed by atoms with Crippen LogP contribution in [-0.2, 0) is 9.59 Å². The third kappa shape index (κ3) is 3.76. The minimum absolute atomic E-state index is 0.332. The molecule has 4 nitrogen and oxygen atoms in total. The molecule has 0 radical (unpaired) electrons. The summed E-state index contributed by atoms with van der Waals surface area (Å²) >= 11 is 0. The number of amides is 1. The maximum Gasteiger partial charge on any atom is 0.251 e. The number of nitrogens with zero attached hydrogens (tertiary/aromatic N) is 2. The number of carbonyl (C=O) groups is 2. The number of aromatic nitrogens is 1. The van der Waals surface area contributed by atoms with E-state index in [2.05, 4.69) is 11.6 Å². The van der Waals surface area contributed by atoms with Crippen LogP contribution in [0.25, 0.3) is 6.08 Å². The Balaban J connectivity index is 2.19. The van der Waals surface area contributed by atoms with E-state index in [1.54, 1.807) is 30.5 Å². The van der Waals surface area contributed by atoms with Gasteiger partial charge in [0.05, 0.1) is 5.69 Å². The topological polar surface area (TPSA) is 50.3 Å². The fraction of sp³-hybridized carbons (Fsp3) is 0.0556. The highest BCUT2D eigenvalue weighted by Crippen LogP contribution is 2.17. The molecule has 0 bridgehead atoms. The van der Waals surface area contributed by atoms with Gasteiger partial charge in [0.15, 0.2) is 0 Å². The van der Waals surface area contributed by atoms with Gasteiger partial charge in [-0.05, 0) is 23.8 Å². The molecule has 22 heavy (non-hydrogen) atoms. The van der Waals surface area contributed by atoms with Crippen LogP contribution in [-0.4, -0.2) is 22.1 Å². The molecule has 0 saturated heterocycles. The number of hydrogen-bond acceptors (Lipinski definition) is 3. The number of carbonyl (C=O) groups excluding carboxylic acids is 2. The first kappa shape index (κ1) is 15.4. The number of hydrogen-bond donors (Lipinski definition) is 0. The van der Waals surface area contributed by atoms with Crippen molar-refractivity contribution in [3.63, 3.8) is 0 Å². The van der Waals surface area contributed by atoms with Gasteiger partial charge in [0.25, 0.3) is 5.91 Å². The largest absolute Gasteiger partial charge is 0.301 e. The Morgan fingerprint density at radius 1 is 1.14 bits per heavy atom. The van der Waals surface area contributed by atoms with Crippen molar-refractivity contribution in [2.75, 3.05) is 0 Å². The average Bonchev–Trinajstić information content (AvgIpc) is 2.59. The normalized spacial score (nSPS) is 11.8. The maximum absolute atomic E-state index is 12.3. The lowest BCUT2D eigenvalue weighted by Gasteiger charge is -2.22. The molecule has 1 aromatic carbocycles. The van der Waals surface area contributed by atoms with Crippen LogP contribution in [0, 0.1) is 0 Å². The highest BCUT2D eigenvalue weighted by atomic mass is 16.2. The van der Waals surface area contributed by atoms with Gasteiger partial charge in [-0.1, -0.05) is 43.0 Å². The number of benzene rings is 1. The number of rotatable bonds is 6. The van der Waals surface area contributed by atoms with Crippen molar-refractivity contribution in [1.29, 1.82) is 0 Å². The molecule has 4 heteroatoms. The van der Waals surface area contributed by atoms with Crippen molar-refractivity contribution in [3.05, 3.63) is 84.8 Å². The SMILES string of the molecule is C=CN(C(=O)C=Cc1ccccc1)C(C=O)c1ccccn1. The molecule has 0 aliphatic heterocycles. The summed E-state index contributed by atoms with van der Waals surface area (Å²) in [6.45, 7) is 3.62. The molecule has 2 rings (SSSR count). The first-order valence-electron chi connectivity index (χ1n) is 6.80. The molecule has 2 aromatic rings. The highest BCUT2D eigenvalue weighted by molar-refractivity contribution is 5.94.